The Balaban J connectivity index is 0.000000557. The number of ether oxygens (including phenoxy) is 1. The molecule has 0 fully saturated rings. The molecule has 0 aromatic heterocycles. The van der Waals surface area contributed by atoms with Crippen molar-refractivity contribution in [2.75, 3.05) is 6.61 Å². The average Bonchev–Trinajstić information content (AvgIpc) is 2.29. The van der Waals surface area contributed by atoms with E-state index >= 15 is 0 Å². The normalized spacial score (nSPS) is 8.82. The van der Waals surface area contributed by atoms with Gasteiger partial charge in [0, 0.05) is 19.8 Å². The first-order valence-electron chi connectivity index (χ1n) is 5.45. The number of esters is 1. The van der Waals surface area contributed by atoms with E-state index in [-0.39, 0.29) is 5.97 Å². The molecular formula is C13H18O4. The van der Waals surface area contributed by atoms with E-state index in [1.165, 1.54) is 5.56 Å². The third-order valence-corrected chi connectivity index (χ3v) is 1.79. The van der Waals surface area contributed by atoms with Crippen molar-refractivity contribution in [2.45, 2.75) is 26.7 Å². The van der Waals surface area contributed by atoms with Gasteiger partial charge in [-0.05, 0) is 5.56 Å². The van der Waals surface area contributed by atoms with Gasteiger partial charge in [-0.3, -0.25) is 9.59 Å². The lowest BCUT2D eigenvalue weighted by Crippen LogP contribution is -2.05. The van der Waals surface area contributed by atoms with Crippen LogP contribution < -0.4 is 0 Å². The summed E-state index contributed by atoms with van der Waals surface area (Å²) in [5.74, 6) is -0.962. The van der Waals surface area contributed by atoms with Crippen LogP contribution in [0.2, 0.25) is 0 Å². The molecule has 1 aromatic carbocycles. The Hall–Kier alpha value is -1.84. The zero-order valence-electron chi connectivity index (χ0n) is 10.2. The van der Waals surface area contributed by atoms with Gasteiger partial charge in [0.15, 0.2) is 0 Å². The van der Waals surface area contributed by atoms with Crippen molar-refractivity contribution in [3.63, 3.8) is 0 Å². The number of carbonyl (C=O) groups excluding carboxylic acids is 1. The van der Waals surface area contributed by atoms with Gasteiger partial charge in [-0.25, -0.2) is 0 Å². The number of hydrogen-bond donors (Lipinski definition) is 1. The molecule has 0 bridgehead atoms. The average molecular weight is 238 g/mol. The van der Waals surface area contributed by atoms with Gasteiger partial charge < -0.3 is 9.84 Å². The summed E-state index contributed by atoms with van der Waals surface area (Å²) in [6.07, 6.45) is 1.25. The summed E-state index contributed by atoms with van der Waals surface area (Å²) in [6.45, 7) is 3.36. The summed E-state index contributed by atoms with van der Waals surface area (Å²) in [7, 11) is 0. The van der Waals surface area contributed by atoms with Crippen molar-refractivity contribution in [1.29, 1.82) is 0 Å². The van der Waals surface area contributed by atoms with Crippen LogP contribution in [0.4, 0.5) is 0 Å². The second kappa shape index (κ2) is 9.39. The first-order valence-corrected chi connectivity index (χ1v) is 5.45. The number of rotatable bonds is 4. The standard InChI is InChI=1S/C11H14O2.C2H4O2/c1-2-11(12)13-9-8-10-6-4-3-5-7-10;1-2(3)4/h3-7H,2,8-9H2,1H3;1H3,(H,3,4). The van der Waals surface area contributed by atoms with Crippen LogP contribution in [0.3, 0.4) is 0 Å². The fraction of sp³-hybridized carbons (Fsp3) is 0.385. The van der Waals surface area contributed by atoms with Crippen LogP contribution in [-0.4, -0.2) is 23.7 Å². The molecule has 0 aliphatic carbocycles. The van der Waals surface area contributed by atoms with Gasteiger partial charge in [0.1, 0.15) is 0 Å². The van der Waals surface area contributed by atoms with Crippen molar-refractivity contribution < 1.29 is 19.4 Å². The van der Waals surface area contributed by atoms with Gasteiger partial charge in [-0.2, -0.15) is 0 Å². The van der Waals surface area contributed by atoms with Crippen LogP contribution in [0.5, 0.6) is 0 Å². The van der Waals surface area contributed by atoms with E-state index < -0.39 is 5.97 Å². The Bertz CT molecular complexity index is 329. The van der Waals surface area contributed by atoms with Crippen LogP contribution in [-0.2, 0) is 20.7 Å². The topological polar surface area (TPSA) is 63.6 Å². The molecule has 1 aromatic rings. The molecule has 0 unspecified atom stereocenters. The molecule has 0 amide bonds. The quantitative estimate of drug-likeness (QED) is 0.817. The molecule has 0 spiro atoms. The van der Waals surface area contributed by atoms with Gasteiger partial charge in [-0.1, -0.05) is 37.3 Å². The second-order valence-corrected chi connectivity index (χ2v) is 3.33. The highest BCUT2D eigenvalue weighted by molar-refractivity contribution is 5.68. The molecule has 0 saturated heterocycles. The molecule has 1 N–H and O–H groups in total. The predicted octanol–water partition coefficient (Wildman–Crippen LogP) is 2.27. The summed E-state index contributed by atoms with van der Waals surface area (Å²) in [5.41, 5.74) is 1.20. The molecule has 4 heteroatoms. The predicted molar refractivity (Wildman–Crippen MR) is 64.7 cm³/mol. The molecule has 1 rings (SSSR count). The fourth-order valence-electron chi connectivity index (χ4n) is 1.03. The third-order valence-electron chi connectivity index (χ3n) is 1.79. The molecule has 94 valence electrons. The summed E-state index contributed by atoms with van der Waals surface area (Å²) >= 11 is 0. The van der Waals surface area contributed by atoms with E-state index in [2.05, 4.69) is 0 Å². The van der Waals surface area contributed by atoms with Crippen LogP contribution in [0.25, 0.3) is 0 Å². The number of carboxylic acids is 1. The van der Waals surface area contributed by atoms with Crippen molar-refractivity contribution in [2.24, 2.45) is 0 Å². The number of benzene rings is 1. The van der Waals surface area contributed by atoms with Crippen molar-refractivity contribution in [3.8, 4) is 0 Å². The van der Waals surface area contributed by atoms with Crippen molar-refractivity contribution in [3.05, 3.63) is 35.9 Å². The summed E-state index contributed by atoms with van der Waals surface area (Å²) in [6, 6.07) is 10.00. The Morgan fingerprint density at radius 3 is 2.24 bits per heavy atom. The molecule has 0 heterocycles. The largest absolute Gasteiger partial charge is 0.481 e. The minimum atomic E-state index is -0.833. The van der Waals surface area contributed by atoms with E-state index in [1.807, 2.05) is 30.3 Å². The first-order chi connectivity index (χ1) is 8.06. The van der Waals surface area contributed by atoms with Gasteiger partial charge in [0.2, 0.25) is 0 Å². The number of hydrogen-bond acceptors (Lipinski definition) is 3. The molecule has 17 heavy (non-hydrogen) atoms. The van der Waals surface area contributed by atoms with Gasteiger partial charge in [0.25, 0.3) is 5.97 Å². The SMILES string of the molecule is CC(=O)O.CCC(=O)OCCc1ccccc1. The smallest absolute Gasteiger partial charge is 0.305 e. The highest BCUT2D eigenvalue weighted by atomic mass is 16.5. The van der Waals surface area contributed by atoms with E-state index in [4.69, 9.17) is 14.6 Å². The zero-order chi connectivity index (χ0) is 13.1. The number of carboxylic acid groups (broad SMARTS) is 1. The third kappa shape index (κ3) is 10.4. The van der Waals surface area contributed by atoms with Crippen LogP contribution in [0.1, 0.15) is 25.8 Å². The molecule has 0 aliphatic heterocycles. The van der Waals surface area contributed by atoms with E-state index in [1.54, 1.807) is 6.92 Å². The molecule has 4 nitrogen and oxygen atoms in total. The van der Waals surface area contributed by atoms with E-state index in [0.717, 1.165) is 13.3 Å². The Morgan fingerprint density at radius 1 is 1.24 bits per heavy atom. The van der Waals surface area contributed by atoms with E-state index in [0.29, 0.717) is 13.0 Å². The van der Waals surface area contributed by atoms with Gasteiger partial charge in [0.05, 0.1) is 6.61 Å². The highest BCUT2D eigenvalue weighted by Gasteiger charge is 1.97. The lowest BCUT2D eigenvalue weighted by atomic mass is 10.2. The van der Waals surface area contributed by atoms with Crippen molar-refractivity contribution in [1.82, 2.24) is 0 Å². The van der Waals surface area contributed by atoms with Crippen LogP contribution in [0.15, 0.2) is 30.3 Å². The maximum absolute atomic E-state index is 10.8. The van der Waals surface area contributed by atoms with Crippen LogP contribution in [0, 0.1) is 0 Å². The molecule has 0 saturated carbocycles. The number of aliphatic carboxylic acids is 1. The molecule has 0 atom stereocenters. The van der Waals surface area contributed by atoms with Gasteiger partial charge >= 0.3 is 5.97 Å². The maximum atomic E-state index is 10.8. The first kappa shape index (κ1) is 15.2. The Labute approximate surface area is 101 Å². The summed E-state index contributed by atoms with van der Waals surface area (Å²) in [5, 5.41) is 7.42. The molecule has 0 aliphatic rings. The summed E-state index contributed by atoms with van der Waals surface area (Å²) < 4.78 is 4.96. The minimum absolute atomic E-state index is 0.129. The number of carbonyl (C=O) groups is 2. The Morgan fingerprint density at radius 2 is 1.76 bits per heavy atom. The lowest BCUT2D eigenvalue weighted by Gasteiger charge is -2.02. The van der Waals surface area contributed by atoms with E-state index in [9.17, 15) is 4.79 Å². The molecular weight excluding hydrogens is 220 g/mol. The Kier molecular flexibility index (Phi) is 8.37. The van der Waals surface area contributed by atoms with Crippen LogP contribution >= 0.6 is 0 Å². The van der Waals surface area contributed by atoms with Gasteiger partial charge in [-0.15, -0.1) is 0 Å². The maximum Gasteiger partial charge on any atom is 0.305 e. The monoisotopic (exact) mass is 238 g/mol. The van der Waals surface area contributed by atoms with Crippen molar-refractivity contribution >= 4 is 11.9 Å². The minimum Gasteiger partial charge on any atom is -0.481 e. The lowest BCUT2D eigenvalue weighted by molar-refractivity contribution is -0.143. The second-order valence-electron chi connectivity index (χ2n) is 3.33. The fourth-order valence-corrected chi connectivity index (χ4v) is 1.03. The molecule has 0 radical (unpaired) electrons. The summed E-state index contributed by atoms with van der Waals surface area (Å²) in [4.78, 5) is 19.8. The zero-order valence-corrected chi connectivity index (χ0v) is 10.2. The highest BCUT2D eigenvalue weighted by Crippen LogP contribution is 1.99.